The molecule has 0 spiro atoms. The van der Waals surface area contributed by atoms with Crippen molar-refractivity contribution >= 4 is 5.91 Å². The van der Waals surface area contributed by atoms with Gasteiger partial charge in [-0.2, -0.15) is 10.2 Å². The predicted octanol–water partition coefficient (Wildman–Crippen LogP) is 3.35. The fourth-order valence-electron chi connectivity index (χ4n) is 4.77. The zero-order chi connectivity index (χ0) is 20.7. The summed E-state index contributed by atoms with van der Waals surface area (Å²) in [6, 6.07) is 12.3. The summed E-state index contributed by atoms with van der Waals surface area (Å²) in [5.41, 5.74) is 2.59. The monoisotopic (exact) mass is 403 g/mol. The van der Waals surface area contributed by atoms with E-state index in [1.54, 1.807) is 12.4 Å². The first-order chi connectivity index (χ1) is 14.6. The molecule has 2 aromatic heterocycles. The summed E-state index contributed by atoms with van der Waals surface area (Å²) in [6.07, 6.45) is 6.24. The Labute approximate surface area is 175 Å². The Kier molecular flexibility index (Phi) is 4.73. The van der Waals surface area contributed by atoms with Gasteiger partial charge < -0.3 is 9.64 Å². The molecule has 0 saturated carbocycles. The normalized spacial score (nSPS) is 22.5. The lowest BCUT2D eigenvalue weighted by atomic mass is 9.90. The number of hydrogen-bond acceptors (Lipinski definition) is 5. The average molecular weight is 403 g/mol. The summed E-state index contributed by atoms with van der Waals surface area (Å²) >= 11 is 0. The van der Waals surface area contributed by atoms with Crippen molar-refractivity contribution in [1.29, 1.82) is 0 Å². The molecule has 7 heteroatoms. The first-order valence-corrected chi connectivity index (χ1v) is 10.5. The van der Waals surface area contributed by atoms with E-state index in [0.717, 1.165) is 30.7 Å². The molecule has 1 aromatic carbocycles. The lowest BCUT2D eigenvalue weighted by Gasteiger charge is -2.25. The molecular formula is C23H25N5O2. The van der Waals surface area contributed by atoms with Gasteiger partial charge in [-0.1, -0.05) is 17.7 Å². The van der Waals surface area contributed by atoms with Crippen molar-refractivity contribution < 1.29 is 9.53 Å². The molecule has 2 fully saturated rings. The van der Waals surface area contributed by atoms with E-state index >= 15 is 0 Å². The number of benzene rings is 1. The second-order valence-electron chi connectivity index (χ2n) is 8.27. The maximum Gasteiger partial charge on any atom is 0.258 e. The molecule has 2 aliphatic heterocycles. The van der Waals surface area contributed by atoms with Gasteiger partial charge in [0.05, 0.1) is 24.6 Å². The topological polar surface area (TPSA) is 73.1 Å². The first kappa shape index (κ1) is 18.8. The van der Waals surface area contributed by atoms with Crippen LogP contribution in [0, 0.1) is 19.8 Å². The van der Waals surface area contributed by atoms with Crippen LogP contribution in [-0.2, 0) is 0 Å². The zero-order valence-electron chi connectivity index (χ0n) is 17.2. The van der Waals surface area contributed by atoms with Crippen LogP contribution in [0.4, 0.5) is 0 Å². The van der Waals surface area contributed by atoms with Crippen molar-refractivity contribution in [3.63, 3.8) is 0 Å². The van der Waals surface area contributed by atoms with Gasteiger partial charge in [0.15, 0.2) is 5.82 Å². The van der Waals surface area contributed by atoms with Crippen LogP contribution in [0.1, 0.15) is 40.9 Å². The fraction of sp³-hybridized carbons (Fsp3) is 0.391. The first-order valence-electron chi connectivity index (χ1n) is 10.5. The second kappa shape index (κ2) is 7.55. The summed E-state index contributed by atoms with van der Waals surface area (Å²) in [5, 5.41) is 8.37. The molecule has 0 N–H and O–H groups in total. The van der Waals surface area contributed by atoms with Gasteiger partial charge in [0.25, 0.3) is 5.91 Å². The molecule has 2 aliphatic rings. The van der Waals surface area contributed by atoms with E-state index in [9.17, 15) is 4.79 Å². The molecule has 30 heavy (non-hydrogen) atoms. The Hall–Kier alpha value is -3.22. The molecule has 7 nitrogen and oxygen atoms in total. The van der Waals surface area contributed by atoms with Gasteiger partial charge in [-0.25, -0.2) is 4.98 Å². The van der Waals surface area contributed by atoms with Crippen molar-refractivity contribution in [2.45, 2.75) is 45.2 Å². The highest BCUT2D eigenvalue weighted by Gasteiger charge is 2.49. The highest BCUT2D eigenvalue weighted by Crippen LogP contribution is 2.43. The molecule has 1 amide bonds. The van der Waals surface area contributed by atoms with E-state index in [2.05, 4.69) is 39.1 Å². The van der Waals surface area contributed by atoms with Gasteiger partial charge in [-0.05, 0) is 57.4 Å². The molecule has 3 aromatic rings. The quantitative estimate of drug-likeness (QED) is 0.653. The number of rotatable bonds is 5. The molecule has 3 atom stereocenters. The third kappa shape index (κ3) is 3.34. The van der Waals surface area contributed by atoms with Crippen LogP contribution in [0.25, 0.3) is 5.82 Å². The van der Waals surface area contributed by atoms with E-state index in [1.807, 2.05) is 31.2 Å². The van der Waals surface area contributed by atoms with Crippen LogP contribution in [0.5, 0.6) is 5.75 Å². The number of aromatic nitrogens is 4. The molecule has 4 heterocycles. The molecule has 2 saturated heterocycles. The third-order valence-corrected chi connectivity index (χ3v) is 6.24. The van der Waals surface area contributed by atoms with Crippen molar-refractivity contribution in [3.05, 3.63) is 65.6 Å². The van der Waals surface area contributed by atoms with Crippen LogP contribution >= 0.6 is 0 Å². The lowest BCUT2D eigenvalue weighted by molar-refractivity contribution is 0.0709. The van der Waals surface area contributed by atoms with Gasteiger partial charge in [0, 0.05) is 23.7 Å². The van der Waals surface area contributed by atoms with Crippen molar-refractivity contribution in [1.82, 2.24) is 24.9 Å². The number of nitrogens with zero attached hydrogens (tertiary/aromatic N) is 5. The smallest absolute Gasteiger partial charge is 0.258 e. The van der Waals surface area contributed by atoms with Crippen LogP contribution in [0.3, 0.4) is 0 Å². The van der Waals surface area contributed by atoms with E-state index in [0.29, 0.717) is 23.9 Å². The number of hydrogen-bond donors (Lipinski definition) is 0. The number of amides is 1. The van der Waals surface area contributed by atoms with E-state index < -0.39 is 0 Å². The molecule has 154 valence electrons. The van der Waals surface area contributed by atoms with Crippen molar-refractivity contribution in [3.8, 4) is 11.6 Å². The number of fused-ring (bicyclic) bond motifs is 2. The molecular weight excluding hydrogens is 378 g/mol. The van der Waals surface area contributed by atoms with Gasteiger partial charge in [0.2, 0.25) is 0 Å². The standard InChI is InChI=1S/C23H25N5O2/c1-15-3-7-19(8-4-15)30-14-17-13-18-6-10-21(17)27(18)23(29)20-9-5-16(2)26-22(20)28-24-11-12-25-28/h3-5,7-9,11-12,17-18,21H,6,10,13-14H2,1-2H3. The van der Waals surface area contributed by atoms with Gasteiger partial charge >= 0.3 is 0 Å². The minimum Gasteiger partial charge on any atom is -0.493 e. The van der Waals surface area contributed by atoms with Crippen molar-refractivity contribution in [2.75, 3.05) is 6.61 Å². The minimum absolute atomic E-state index is 0.0140. The lowest BCUT2D eigenvalue weighted by Crippen LogP contribution is -2.38. The van der Waals surface area contributed by atoms with E-state index in [4.69, 9.17) is 4.74 Å². The number of pyridine rings is 1. The van der Waals surface area contributed by atoms with Crippen molar-refractivity contribution in [2.24, 2.45) is 5.92 Å². The number of carbonyl (C=O) groups is 1. The van der Waals surface area contributed by atoms with E-state index in [1.165, 1.54) is 10.4 Å². The minimum atomic E-state index is 0.0140. The highest BCUT2D eigenvalue weighted by molar-refractivity contribution is 5.98. The summed E-state index contributed by atoms with van der Waals surface area (Å²) in [5.74, 6) is 1.73. The van der Waals surface area contributed by atoms with Crippen LogP contribution in [-0.4, -0.2) is 49.5 Å². The van der Waals surface area contributed by atoms with Crippen LogP contribution in [0.15, 0.2) is 48.8 Å². The summed E-state index contributed by atoms with van der Waals surface area (Å²) < 4.78 is 6.06. The maximum atomic E-state index is 13.6. The third-order valence-electron chi connectivity index (χ3n) is 6.24. The van der Waals surface area contributed by atoms with Gasteiger partial charge in [0.1, 0.15) is 5.75 Å². The Morgan fingerprint density at radius 3 is 2.60 bits per heavy atom. The maximum absolute atomic E-state index is 13.6. The molecule has 0 radical (unpaired) electrons. The Morgan fingerprint density at radius 1 is 1.07 bits per heavy atom. The fourth-order valence-corrected chi connectivity index (χ4v) is 4.77. The highest BCUT2D eigenvalue weighted by atomic mass is 16.5. The molecule has 3 unspecified atom stereocenters. The number of ether oxygens (including phenoxy) is 1. The Morgan fingerprint density at radius 2 is 1.83 bits per heavy atom. The van der Waals surface area contributed by atoms with Crippen LogP contribution < -0.4 is 4.74 Å². The zero-order valence-corrected chi connectivity index (χ0v) is 17.2. The van der Waals surface area contributed by atoms with Gasteiger partial charge in [-0.3, -0.25) is 4.79 Å². The molecule has 2 bridgehead atoms. The molecule has 0 aliphatic carbocycles. The Bertz CT molecular complexity index is 1050. The summed E-state index contributed by atoms with van der Waals surface area (Å²) in [7, 11) is 0. The number of carbonyl (C=O) groups excluding carboxylic acids is 1. The van der Waals surface area contributed by atoms with Crippen LogP contribution in [0.2, 0.25) is 0 Å². The summed E-state index contributed by atoms with van der Waals surface area (Å²) in [6.45, 7) is 4.60. The molecule has 5 rings (SSSR count). The number of aryl methyl sites for hydroxylation is 2. The second-order valence-corrected chi connectivity index (χ2v) is 8.27. The predicted molar refractivity (Wildman–Crippen MR) is 112 cm³/mol. The average Bonchev–Trinajstić information content (AvgIpc) is 3.49. The van der Waals surface area contributed by atoms with Gasteiger partial charge in [-0.15, -0.1) is 4.80 Å². The largest absolute Gasteiger partial charge is 0.493 e. The Balaban J connectivity index is 1.35. The summed E-state index contributed by atoms with van der Waals surface area (Å²) in [4.78, 5) is 21.6. The van der Waals surface area contributed by atoms with E-state index in [-0.39, 0.29) is 18.0 Å². The SMILES string of the molecule is Cc1ccc(OCC2CC3CCC2N3C(=O)c2ccc(C)nc2-n2nccn2)cc1.